The summed E-state index contributed by atoms with van der Waals surface area (Å²) in [4.78, 5) is 12.2. The van der Waals surface area contributed by atoms with Crippen LogP contribution in [-0.2, 0) is 11.3 Å². The van der Waals surface area contributed by atoms with Crippen molar-refractivity contribution in [2.45, 2.75) is 39.4 Å². The Labute approximate surface area is 147 Å². The molecule has 3 rings (SSSR count). The van der Waals surface area contributed by atoms with E-state index in [2.05, 4.69) is 15.7 Å². The Balaban J connectivity index is 1.48. The zero-order valence-electron chi connectivity index (χ0n) is 14.8. The second kappa shape index (κ2) is 7.53. The smallest absolute Gasteiger partial charge is 0.234 e. The lowest BCUT2D eigenvalue weighted by molar-refractivity contribution is -0.121. The molecule has 1 aromatic carbocycles. The van der Waals surface area contributed by atoms with Gasteiger partial charge in [0, 0.05) is 17.6 Å². The van der Waals surface area contributed by atoms with Crippen LogP contribution in [0.2, 0.25) is 0 Å². The molecule has 0 aliphatic carbocycles. The number of hydrogen-bond acceptors (Lipinski definition) is 4. The lowest BCUT2D eigenvalue weighted by Gasteiger charge is -2.15. The van der Waals surface area contributed by atoms with Crippen LogP contribution in [0.4, 0.5) is 0 Å². The van der Waals surface area contributed by atoms with Crippen molar-refractivity contribution in [3.8, 4) is 0 Å². The monoisotopic (exact) mass is 340 g/mol. The SMILES string of the molecule is Cc1cnn(C[C@@H](C)NCC(=O)N[C@H](C)c2cc3ccccc3o2)c1. The number of carbonyl (C=O) groups excluding carboxylic acids is 1. The van der Waals surface area contributed by atoms with Gasteiger partial charge in [-0.05, 0) is 38.5 Å². The molecule has 0 fully saturated rings. The second-order valence-electron chi connectivity index (χ2n) is 6.50. The molecule has 25 heavy (non-hydrogen) atoms. The Kier molecular flexibility index (Phi) is 5.19. The molecule has 2 atom stereocenters. The zero-order chi connectivity index (χ0) is 17.8. The number of furan rings is 1. The van der Waals surface area contributed by atoms with Gasteiger partial charge in [-0.3, -0.25) is 9.48 Å². The van der Waals surface area contributed by atoms with Gasteiger partial charge in [0.25, 0.3) is 0 Å². The number of nitrogens with zero attached hydrogens (tertiary/aromatic N) is 2. The van der Waals surface area contributed by atoms with Crippen LogP contribution in [0.15, 0.2) is 47.1 Å². The highest BCUT2D eigenvalue weighted by Crippen LogP contribution is 2.23. The summed E-state index contributed by atoms with van der Waals surface area (Å²) < 4.78 is 7.67. The van der Waals surface area contributed by atoms with Gasteiger partial charge in [-0.2, -0.15) is 5.10 Å². The lowest BCUT2D eigenvalue weighted by atomic mass is 10.2. The van der Waals surface area contributed by atoms with E-state index >= 15 is 0 Å². The van der Waals surface area contributed by atoms with Crippen molar-refractivity contribution in [1.82, 2.24) is 20.4 Å². The maximum atomic E-state index is 12.2. The summed E-state index contributed by atoms with van der Waals surface area (Å²) in [7, 11) is 0. The van der Waals surface area contributed by atoms with Crippen LogP contribution in [0.5, 0.6) is 0 Å². The van der Waals surface area contributed by atoms with Crippen LogP contribution in [-0.4, -0.2) is 28.3 Å². The standard InChI is InChI=1S/C19H24N4O2/c1-13-9-21-23(11-13)12-14(2)20-10-19(24)22-15(3)18-8-16-6-4-5-7-17(16)25-18/h4-9,11,14-15,20H,10,12H2,1-3H3,(H,22,24)/t14-,15-/m1/s1. The number of aryl methyl sites for hydroxylation is 1. The molecule has 6 heteroatoms. The molecule has 0 saturated carbocycles. The number of benzene rings is 1. The zero-order valence-corrected chi connectivity index (χ0v) is 14.8. The molecule has 0 unspecified atom stereocenters. The minimum Gasteiger partial charge on any atom is -0.459 e. The summed E-state index contributed by atoms with van der Waals surface area (Å²) >= 11 is 0. The molecule has 2 N–H and O–H groups in total. The number of para-hydroxylation sites is 1. The molecule has 3 aromatic rings. The van der Waals surface area contributed by atoms with Gasteiger partial charge in [-0.25, -0.2) is 0 Å². The normalized spacial score (nSPS) is 13.7. The van der Waals surface area contributed by atoms with E-state index < -0.39 is 0 Å². The highest BCUT2D eigenvalue weighted by atomic mass is 16.3. The van der Waals surface area contributed by atoms with Gasteiger partial charge in [0.1, 0.15) is 11.3 Å². The van der Waals surface area contributed by atoms with Crippen molar-refractivity contribution in [1.29, 1.82) is 0 Å². The first-order valence-corrected chi connectivity index (χ1v) is 8.51. The number of aromatic nitrogens is 2. The predicted molar refractivity (Wildman–Crippen MR) is 97.2 cm³/mol. The Morgan fingerprint density at radius 2 is 2.12 bits per heavy atom. The predicted octanol–water partition coefficient (Wildman–Crippen LogP) is 2.79. The molecule has 0 saturated heterocycles. The molecule has 0 aliphatic rings. The third-order valence-corrected chi connectivity index (χ3v) is 4.08. The largest absolute Gasteiger partial charge is 0.459 e. The summed E-state index contributed by atoms with van der Waals surface area (Å²) in [6.07, 6.45) is 3.82. The Hall–Kier alpha value is -2.60. The summed E-state index contributed by atoms with van der Waals surface area (Å²) in [5, 5.41) is 11.5. The van der Waals surface area contributed by atoms with Crippen LogP contribution in [0.3, 0.4) is 0 Å². The number of nitrogens with one attached hydrogen (secondary N) is 2. The molecule has 2 heterocycles. The maximum Gasteiger partial charge on any atom is 0.234 e. The average molecular weight is 340 g/mol. The Bertz CT molecular complexity index is 819. The Morgan fingerprint density at radius 3 is 2.84 bits per heavy atom. The van der Waals surface area contributed by atoms with Crippen molar-refractivity contribution < 1.29 is 9.21 Å². The highest BCUT2D eigenvalue weighted by Gasteiger charge is 2.14. The van der Waals surface area contributed by atoms with Crippen molar-refractivity contribution >= 4 is 16.9 Å². The molecule has 6 nitrogen and oxygen atoms in total. The van der Waals surface area contributed by atoms with Crippen LogP contribution < -0.4 is 10.6 Å². The average Bonchev–Trinajstić information content (AvgIpc) is 3.19. The summed E-state index contributed by atoms with van der Waals surface area (Å²) in [5.41, 5.74) is 1.96. The molecule has 0 spiro atoms. The fourth-order valence-corrected chi connectivity index (χ4v) is 2.76. The van der Waals surface area contributed by atoms with Crippen LogP contribution in [0.25, 0.3) is 11.0 Å². The number of carbonyl (C=O) groups is 1. The van der Waals surface area contributed by atoms with Crippen LogP contribution in [0, 0.1) is 6.92 Å². The Morgan fingerprint density at radius 1 is 1.32 bits per heavy atom. The molecule has 0 bridgehead atoms. The summed E-state index contributed by atoms with van der Waals surface area (Å²) in [5.74, 6) is 0.700. The van der Waals surface area contributed by atoms with Crippen LogP contribution >= 0.6 is 0 Å². The van der Waals surface area contributed by atoms with E-state index in [9.17, 15) is 4.79 Å². The summed E-state index contributed by atoms with van der Waals surface area (Å²) in [6, 6.07) is 9.77. The lowest BCUT2D eigenvalue weighted by Crippen LogP contribution is -2.40. The van der Waals surface area contributed by atoms with Crippen molar-refractivity contribution in [3.63, 3.8) is 0 Å². The van der Waals surface area contributed by atoms with E-state index in [1.54, 1.807) is 0 Å². The first kappa shape index (κ1) is 17.2. The van der Waals surface area contributed by atoms with Crippen molar-refractivity contribution in [3.05, 3.63) is 54.0 Å². The first-order valence-electron chi connectivity index (χ1n) is 8.51. The minimum atomic E-state index is -0.175. The molecular formula is C19H24N4O2. The van der Waals surface area contributed by atoms with E-state index in [-0.39, 0.29) is 24.5 Å². The second-order valence-corrected chi connectivity index (χ2v) is 6.50. The van der Waals surface area contributed by atoms with Gasteiger partial charge < -0.3 is 15.1 Å². The fourth-order valence-electron chi connectivity index (χ4n) is 2.76. The van der Waals surface area contributed by atoms with E-state index in [1.807, 2.05) is 68.2 Å². The topological polar surface area (TPSA) is 72.1 Å². The van der Waals surface area contributed by atoms with Gasteiger partial charge in [0.15, 0.2) is 0 Å². The molecule has 0 aliphatic heterocycles. The number of amides is 1. The third kappa shape index (κ3) is 4.48. The molecule has 1 amide bonds. The summed E-state index contributed by atoms with van der Waals surface area (Å²) in [6.45, 7) is 6.94. The minimum absolute atomic E-state index is 0.0588. The first-order chi connectivity index (χ1) is 12.0. The van der Waals surface area contributed by atoms with E-state index in [1.165, 1.54) is 0 Å². The molecule has 132 valence electrons. The van der Waals surface area contributed by atoms with Crippen molar-refractivity contribution in [2.24, 2.45) is 0 Å². The molecule has 0 radical (unpaired) electrons. The van der Waals surface area contributed by atoms with Gasteiger partial charge in [-0.1, -0.05) is 18.2 Å². The number of hydrogen-bond donors (Lipinski definition) is 2. The van der Waals surface area contributed by atoms with E-state index in [0.29, 0.717) is 0 Å². The van der Waals surface area contributed by atoms with Gasteiger partial charge in [0.05, 0.1) is 25.3 Å². The van der Waals surface area contributed by atoms with Gasteiger partial charge in [0.2, 0.25) is 5.91 Å². The molecular weight excluding hydrogens is 316 g/mol. The third-order valence-electron chi connectivity index (χ3n) is 4.08. The van der Waals surface area contributed by atoms with Gasteiger partial charge >= 0.3 is 0 Å². The number of fused-ring (bicyclic) bond motifs is 1. The van der Waals surface area contributed by atoms with Crippen LogP contribution in [0.1, 0.15) is 31.2 Å². The maximum absolute atomic E-state index is 12.2. The number of rotatable bonds is 7. The quantitative estimate of drug-likeness (QED) is 0.694. The van der Waals surface area contributed by atoms with Crippen molar-refractivity contribution in [2.75, 3.05) is 6.54 Å². The fraction of sp³-hybridized carbons (Fsp3) is 0.368. The van der Waals surface area contributed by atoms with E-state index in [4.69, 9.17) is 4.42 Å². The highest BCUT2D eigenvalue weighted by molar-refractivity contribution is 5.80. The molecule has 2 aromatic heterocycles. The van der Waals surface area contributed by atoms with E-state index in [0.717, 1.165) is 28.8 Å². The van der Waals surface area contributed by atoms with Gasteiger partial charge in [-0.15, -0.1) is 0 Å².